The molecule has 1 aliphatic heterocycles. The van der Waals surface area contributed by atoms with E-state index in [1.165, 1.54) is 4.90 Å². The summed E-state index contributed by atoms with van der Waals surface area (Å²) < 4.78 is 5.86. The van der Waals surface area contributed by atoms with Crippen LogP contribution < -0.4 is 15.4 Å². The average molecular weight is 365 g/mol. The van der Waals surface area contributed by atoms with E-state index < -0.39 is 6.09 Å². The molecule has 3 N–H and O–H groups in total. The molecule has 0 bridgehead atoms. The number of hydrogen-bond donors (Lipinski definition) is 2. The molecular weight excluding hydrogens is 346 g/mol. The van der Waals surface area contributed by atoms with Gasteiger partial charge in [-0.1, -0.05) is 6.07 Å². The van der Waals surface area contributed by atoms with Crippen molar-refractivity contribution in [3.05, 3.63) is 48.7 Å². The number of piperazine rings is 1. The number of hydrogen-bond acceptors (Lipinski definition) is 6. The van der Waals surface area contributed by atoms with Gasteiger partial charge in [-0.2, -0.15) is 0 Å². The monoisotopic (exact) mass is 365 g/mol. The van der Waals surface area contributed by atoms with Crippen LogP contribution in [0.3, 0.4) is 0 Å². The molecule has 8 nitrogen and oxygen atoms in total. The van der Waals surface area contributed by atoms with Gasteiger partial charge in [-0.3, -0.25) is 4.98 Å². The number of benzene rings is 2. The predicted molar refractivity (Wildman–Crippen MR) is 102 cm³/mol. The van der Waals surface area contributed by atoms with Crippen LogP contribution in [0.4, 0.5) is 16.3 Å². The Morgan fingerprint density at radius 2 is 1.81 bits per heavy atom. The summed E-state index contributed by atoms with van der Waals surface area (Å²) in [5.74, 6) is 2.03. The number of ether oxygens (including phenoxy) is 1. The highest BCUT2D eigenvalue weighted by Crippen LogP contribution is 2.26. The molecule has 4 rings (SSSR count). The van der Waals surface area contributed by atoms with Gasteiger partial charge in [0.05, 0.1) is 17.2 Å². The van der Waals surface area contributed by atoms with Crippen LogP contribution in [0.2, 0.25) is 0 Å². The predicted octanol–water partition coefficient (Wildman–Crippen LogP) is 2.80. The summed E-state index contributed by atoms with van der Waals surface area (Å²) in [4.78, 5) is 23.6. The van der Waals surface area contributed by atoms with E-state index in [-0.39, 0.29) is 0 Å². The van der Waals surface area contributed by atoms with Crippen molar-refractivity contribution in [2.24, 2.45) is 0 Å². The summed E-state index contributed by atoms with van der Waals surface area (Å²) in [6.45, 7) is 2.08. The molecule has 3 aromatic rings. The molecule has 0 spiro atoms. The summed E-state index contributed by atoms with van der Waals surface area (Å²) in [7, 11) is 0. The van der Waals surface area contributed by atoms with Crippen LogP contribution in [0.5, 0.6) is 11.5 Å². The second-order valence-electron chi connectivity index (χ2n) is 6.31. The first-order valence-corrected chi connectivity index (χ1v) is 8.61. The van der Waals surface area contributed by atoms with Crippen LogP contribution in [0, 0.1) is 0 Å². The fourth-order valence-electron chi connectivity index (χ4n) is 3.04. The minimum atomic E-state index is -0.886. The third-order valence-electron chi connectivity index (χ3n) is 4.47. The molecule has 1 aliphatic rings. The first kappa shape index (κ1) is 16.9. The zero-order valence-electron chi connectivity index (χ0n) is 14.6. The Labute approximate surface area is 155 Å². The van der Waals surface area contributed by atoms with Crippen LogP contribution >= 0.6 is 0 Å². The minimum absolute atomic E-state index is 0.452. The highest BCUT2D eigenvalue weighted by Gasteiger charge is 2.21. The van der Waals surface area contributed by atoms with Crippen LogP contribution in [-0.2, 0) is 0 Å². The van der Waals surface area contributed by atoms with Gasteiger partial charge in [-0.25, -0.2) is 9.78 Å². The molecule has 0 atom stereocenters. The van der Waals surface area contributed by atoms with E-state index in [4.69, 9.17) is 15.6 Å². The van der Waals surface area contributed by atoms with E-state index in [0.717, 1.165) is 16.9 Å². The SMILES string of the molecule is Nc1cccc(Oc2ccc3ncc(N4CCN(C(=O)O)CC4)nc3c2)c1. The number of fused-ring (bicyclic) bond motifs is 1. The third kappa shape index (κ3) is 3.69. The number of anilines is 2. The van der Waals surface area contributed by atoms with Crippen LogP contribution in [0.15, 0.2) is 48.7 Å². The lowest BCUT2D eigenvalue weighted by Crippen LogP contribution is -2.48. The lowest BCUT2D eigenvalue weighted by molar-refractivity contribution is 0.142. The van der Waals surface area contributed by atoms with Gasteiger partial charge in [0.15, 0.2) is 0 Å². The molecule has 0 aliphatic carbocycles. The number of nitrogens with two attached hydrogens (primary N) is 1. The summed E-state index contributed by atoms with van der Waals surface area (Å²) >= 11 is 0. The van der Waals surface area contributed by atoms with Gasteiger partial charge in [0.25, 0.3) is 0 Å². The normalized spacial score (nSPS) is 14.4. The van der Waals surface area contributed by atoms with Gasteiger partial charge in [0, 0.05) is 44.0 Å². The van der Waals surface area contributed by atoms with Gasteiger partial charge in [-0.15, -0.1) is 0 Å². The van der Waals surface area contributed by atoms with Gasteiger partial charge < -0.3 is 25.4 Å². The van der Waals surface area contributed by atoms with Crippen molar-refractivity contribution in [3.63, 3.8) is 0 Å². The lowest BCUT2D eigenvalue weighted by atomic mass is 10.2. The van der Waals surface area contributed by atoms with Crippen molar-refractivity contribution in [3.8, 4) is 11.5 Å². The smallest absolute Gasteiger partial charge is 0.407 e. The maximum absolute atomic E-state index is 11.0. The molecule has 27 heavy (non-hydrogen) atoms. The number of carbonyl (C=O) groups is 1. The number of amides is 1. The summed E-state index contributed by atoms with van der Waals surface area (Å²) in [5.41, 5.74) is 7.90. The Morgan fingerprint density at radius 1 is 1.04 bits per heavy atom. The van der Waals surface area contributed by atoms with Crippen molar-refractivity contribution < 1.29 is 14.6 Å². The third-order valence-corrected chi connectivity index (χ3v) is 4.47. The average Bonchev–Trinajstić information content (AvgIpc) is 2.67. The molecule has 8 heteroatoms. The molecule has 138 valence electrons. The van der Waals surface area contributed by atoms with Gasteiger partial charge in [0.2, 0.25) is 0 Å². The van der Waals surface area contributed by atoms with E-state index >= 15 is 0 Å². The molecular formula is C19H19N5O3. The maximum atomic E-state index is 11.0. The molecule has 0 saturated carbocycles. The number of aromatic nitrogens is 2. The Balaban J connectivity index is 1.55. The summed E-state index contributed by atoms with van der Waals surface area (Å²) in [6.07, 6.45) is 0.833. The zero-order valence-corrected chi connectivity index (χ0v) is 14.6. The van der Waals surface area contributed by atoms with Gasteiger partial charge >= 0.3 is 6.09 Å². The quantitative estimate of drug-likeness (QED) is 0.688. The first-order valence-electron chi connectivity index (χ1n) is 8.61. The van der Waals surface area contributed by atoms with E-state index in [1.807, 2.05) is 35.2 Å². The topological polar surface area (TPSA) is 105 Å². The largest absolute Gasteiger partial charge is 0.465 e. The van der Waals surface area contributed by atoms with Crippen LogP contribution in [0.25, 0.3) is 11.0 Å². The van der Waals surface area contributed by atoms with E-state index in [9.17, 15) is 4.79 Å². The fraction of sp³-hybridized carbons (Fsp3) is 0.211. The maximum Gasteiger partial charge on any atom is 0.407 e. The summed E-state index contributed by atoms with van der Waals surface area (Å²) in [6, 6.07) is 12.8. The molecule has 0 unspecified atom stereocenters. The molecule has 2 heterocycles. The molecule has 0 radical (unpaired) electrons. The number of nitrogen functional groups attached to an aromatic ring is 1. The lowest BCUT2D eigenvalue weighted by Gasteiger charge is -2.33. The van der Waals surface area contributed by atoms with Gasteiger partial charge in [-0.05, 0) is 24.3 Å². The number of nitrogens with zero attached hydrogens (tertiary/aromatic N) is 4. The van der Waals surface area contributed by atoms with Gasteiger partial charge in [0.1, 0.15) is 17.3 Å². The molecule has 1 saturated heterocycles. The minimum Gasteiger partial charge on any atom is -0.465 e. The second kappa shape index (κ2) is 6.99. The standard InChI is InChI=1S/C19H19N5O3/c20-13-2-1-3-14(10-13)27-15-4-5-16-17(11-15)22-18(12-21-16)23-6-8-24(9-7-23)19(25)26/h1-5,10-12H,6-9,20H2,(H,25,26). The van der Waals surface area contributed by atoms with Crippen LogP contribution in [0.1, 0.15) is 0 Å². The summed E-state index contributed by atoms with van der Waals surface area (Å²) in [5, 5.41) is 9.06. The Hall–Kier alpha value is -3.55. The van der Waals surface area contributed by atoms with Crippen molar-refractivity contribution >= 4 is 28.6 Å². The van der Waals surface area contributed by atoms with Crippen molar-refractivity contribution in [1.82, 2.24) is 14.9 Å². The van der Waals surface area contributed by atoms with E-state index in [0.29, 0.717) is 43.4 Å². The Bertz CT molecular complexity index is 986. The molecule has 1 aromatic heterocycles. The zero-order chi connectivity index (χ0) is 18.8. The fourth-order valence-corrected chi connectivity index (χ4v) is 3.04. The number of rotatable bonds is 3. The van der Waals surface area contributed by atoms with Crippen LogP contribution in [-0.4, -0.2) is 52.2 Å². The highest BCUT2D eigenvalue weighted by atomic mass is 16.5. The van der Waals surface area contributed by atoms with Crippen molar-refractivity contribution in [1.29, 1.82) is 0 Å². The first-order chi connectivity index (χ1) is 13.1. The Kier molecular flexibility index (Phi) is 4.37. The van der Waals surface area contributed by atoms with E-state index in [1.54, 1.807) is 18.3 Å². The van der Waals surface area contributed by atoms with Crippen molar-refractivity contribution in [2.75, 3.05) is 36.8 Å². The van der Waals surface area contributed by atoms with E-state index in [2.05, 4.69) is 9.97 Å². The Morgan fingerprint density at radius 3 is 2.56 bits per heavy atom. The molecule has 2 aromatic carbocycles. The molecule has 1 amide bonds. The van der Waals surface area contributed by atoms with Crippen molar-refractivity contribution in [2.45, 2.75) is 0 Å². The second-order valence-corrected chi connectivity index (χ2v) is 6.31. The number of carboxylic acid groups (broad SMARTS) is 1. The molecule has 1 fully saturated rings. The highest BCUT2D eigenvalue weighted by molar-refractivity contribution is 5.77.